The molecule has 1 aliphatic rings. The van der Waals surface area contributed by atoms with Gasteiger partial charge in [-0.3, -0.25) is 0 Å². The lowest BCUT2D eigenvalue weighted by atomic mass is 9.76. The van der Waals surface area contributed by atoms with Gasteiger partial charge in [-0.05, 0) is 50.4 Å². The molecular weight excluding hydrogens is 298 g/mol. The molecule has 0 radical (unpaired) electrons. The summed E-state index contributed by atoms with van der Waals surface area (Å²) in [4.78, 5) is -0.618. The van der Waals surface area contributed by atoms with E-state index in [1.807, 2.05) is 6.92 Å². The summed E-state index contributed by atoms with van der Waals surface area (Å²) < 4.78 is 54.8. The third-order valence-corrected chi connectivity index (χ3v) is 5.64. The van der Waals surface area contributed by atoms with Crippen molar-refractivity contribution in [3.63, 3.8) is 0 Å². The molecule has 118 valence electrons. The first kappa shape index (κ1) is 16.3. The highest BCUT2D eigenvalue weighted by molar-refractivity contribution is 7.89. The van der Waals surface area contributed by atoms with E-state index in [0.29, 0.717) is 12.0 Å². The fourth-order valence-electron chi connectivity index (χ4n) is 2.59. The number of hydrogen-bond acceptors (Lipinski definition) is 3. The number of halogens is 2. The molecule has 0 unspecified atom stereocenters. The zero-order valence-electron chi connectivity index (χ0n) is 12.2. The Hall–Kier alpha value is -1.05. The maximum Gasteiger partial charge on any atom is 0.244 e. The molecule has 1 saturated carbocycles. The molecule has 0 bridgehead atoms. The summed E-state index contributed by atoms with van der Waals surface area (Å²) in [6.07, 6.45) is 3.02. The van der Waals surface area contributed by atoms with E-state index in [-0.39, 0.29) is 6.54 Å². The fraction of sp³-hybridized carbons (Fsp3) is 0.571. The monoisotopic (exact) mass is 318 g/mol. The minimum absolute atomic E-state index is 0.263. The van der Waals surface area contributed by atoms with Crippen LogP contribution < -0.4 is 10.0 Å². The van der Waals surface area contributed by atoms with E-state index in [2.05, 4.69) is 10.0 Å². The number of nitrogens with one attached hydrogen (secondary N) is 2. The summed E-state index contributed by atoms with van der Waals surface area (Å²) in [6.45, 7) is 2.15. The molecule has 1 aliphatic carbocycles. The molecule has 7 heteroatoms. The Bertz CT molecular complexity index is 623. The molecule has 0 aromatic heterocycles. The van der Waals surface area contributed by atoms with Gasteiger partial charge in [-0.2, -0.15) is 0 Å². The van der Waals surface area contributed by atoms with E-state index < -0.39 is 32.1 Å². The highest BCUT2D eigenvalue weighted by Gasteiger charge is 2.40. The largest absolute Gasteiger partial charge is 0.316 e. The van der Waals surface area contributed by atoms with Crippen LogP contribution in [0.4, 0.5) is 8.78 Å². The minimum Gasteiger partial charge on any atom is -0.316 e. The molecule has 1 aromatic carbocycles. The van der Waals surface area contributed by atoms with E-state index in [1.54, 1.807) is 7.05 Å². The number of rotatable bonds is 6. The summed E-state index contributed by atoms with van der Waals surface area (Å²) in [7, 11) is -2.43. The van der Waals surface area contributed by atoms with Gasteiger partial charge in [0.25, 0.3) is 0 Å². The maximum absolute atomic E-state index is 13.9. The molecule has 21 heavy (non-hydrogen) atoms. The standard InChI is InChI=1S/C14H20F2N2O2S/c1-3-14(5-4-6-14)18-21(19,20)12-8-10(9-17-2)7-11(15)13(12)16/h7-8,17-18H,3-6,9H2,1-2H3. The van der Waals surface area contributed by atoms with E-state index >= 15 is 0 Å². The van der Waals surface area contributed by atoms with Crippen LogP contribution in [0.3, 0.4) is 0 Å². The predicted molar refractivity (Wildman–Crippen MR) is 76.3 cm³/mol. The molecule has 0 spiro atoms. The number of sulfonamides is 1. The van der Waals surface area contributed by atoms with Crippen molar-refractivity contribution < 1.29 is 17.2 Å². The van der Waals surface area contributed by atoms with Crippen LogP contribution in [-0.2, 0) is 16.6 Å². The average Bonchev–Trinajstić information content (AvgIpc) is 2.38. The van der Waals surface area contributed by atoms with Crippen LogP contribution in [-0.4, -0.2) is 21.0 Å². The van der Waals surface area contributed by atoms with E-state index in [0.717, 1.165) is 25.3 Å². The molecule has 4 nitrogen and oxygen atoms in total. The SMILES string of the molecule is CCC1(NS(=O)(=O)c2cc(CNC)cc(F)c2F)CCC1. The van der Waals surface area contributed by atoms with Crippen molar-refractivity contribution in [3.8, 4) is 0 Å². The smallest absolute Gasteiger partial charge is 0.244 e. The number of benzene rings is 1. The molecule has 0 heterocycles. The minimum atomic E-state index is -4.08. The molecule has 0 amide bonds. The zero-order chi connectivity index (χ0) is 15.7. The molecule has 1 fully saturated rings. The molecular formula is C14H20F2N2O2S. The van der Waals surface area contributed by atoms with Crippen LogP contribution in [0, 0.1) is 11.6 Å². The second kappa shape index (κ2) is 5.98. The lowest BCUT2D eigenvalue weighted by Crippen LogP contribution is -2.52. The summed E-state index contributed by atoms with van der Waals surface area (Å²) >= 11 is 0. The van der Waals surface area contributed by atoms with Gasteiger partial charge in [0.15, 0.2) is 11.6 Å². The summed E-state index contributed by atoms with van der Waals surface area (Å²) in [5, 5.41) is 2.79. The van der Waals surface area contributed by atoms with Crippen LogP contribution in [0.2, 0.25) is 0 Å². The lowest BCUT2D eigenvalue weighted by Gasteiger charge is -2.41. The second-order valence-corrected chi connectivity index (χ2v) is 7.16. The summed E-state index contributed by atoms with van der Waals surface area (Å²) in [5.41, 5.74) is -0.128. The van der Waals surface area contributed by atoms with Gasteiger partial charge in [0.05, 0.1) is 0 Å². The van der Waals surface area contributed by atoms with Gasteiger partial charge in [-0.15, -0.1) is 0 Å². The van der Waals surface area contributed by atoms with Crippen LogP contribution in [0.5, 0.6) is 0 Å². The van der Waals surface area contributed by atoms with Gasteiger partial charge in [-0.1, -0.05) is 6.92 Å². The highest BCUT2D eigenvalue weighted by Crippen LogP contribution is 2.36. The molecule has 0 atom stereocenters. The summed E-state index contributed by atoms with van der Waals surface area (Å²) in [5.74, 6) is -2.48. The first-order valence-corrected chi connectivity index (χ1v) is 8.48. The lowest BCUT2D eigenvalue weighted by molar-refractivity contribution is 0.213. The van der Waals surface area contributed by atoms with Crippen molar-refractivity contribution in [1.29, 1.82) is 0 Å². The third-order valence-electron chi connectivity index (χ3n) is 4.06. The van der Waals surface area contributed by atoms with Gasteiger partial charge < -0.3 is 5.32 Å². The Morgan fingerprint density at radius 2 is 1.95 bits per heavy atom. The van der Waals surface area contributed by atoms with Crippen LogP contribution >= 0.6 is 0 Å². The van der Waals surface area contributed by atoms with Crippen LogP contribution in [0.1, 0.15) is 38.2 Å². The van der Waals surface area contributed by atoms with Gasteiger partial charge in [-0.25, -0.2) is 21.9 Å². The maximum atomic E-state index is 13.9. The van der Waals surface area contributed by atoms with E-state index in [4.69, 9.17) is 0 Å². The second-order valence-electron chi connectivity index (χ2n) is 5.51. The van der Waals surface area contributed by atoms with E-state index in [1.165, 1.54) is 6.07 Å². The quantitative estimate of drug-likeness (QED) is 0.846. The van der Waals surface area contributed by atoms with Gasteiger partial charge >= 0.3 is 0 Å². The van der Waals surface area contributed by atoms with Crippen molar-refractivity contribution in [2.75, 3.05) is 7.05 Å². The highest BCUT2D eigenvalue weighted by atomic mass is 32.2. The molecule has 0 aliphatic heterocycles. The van der Waals surface area contributed by atoms with Gasteiger partial charge in [0.1, 0.15) is 4.90 Å². The Labute approximate surface area is 124 Å². The predicted octanol–water partition coefficient (Wildman–Crippen LogP) is 2.30. The molecule has 1 aromatic rings. The Morgan fingerprint density at radius 1 is 1.29 bits per heavy atom. The molecule has 0 saturated heterocycles. The first-order valence-electron chi connectivity index (χ1n) is 7.00. The van der Waals surface area contributed by atoms with Crippen LogP contribution in [0.25, 0.3) is 0 Å². The van der Waals surface area contributed by atoms with Crippen LogP contribution in [0.15, 0.2) is 17.0 Å². The Morgan fingerprint density at radius 3 is 2.43 bits per heavy atom. The van der Waals surface area contributed by atoms with E-state index in [9.17, 15) is 17.2 Å². The topological polar surface area (TPSA) is 58.2 Å². The van der Waals surface area contributed by atoms with Crippen molar-refractivity contribution in [3.05, 3.63) is 29.3 Å². The molecule has 2 rings (SSSR count). The molecule has 2 N–H and O–H groups in total. The Kier molecular flexibility index (Phi) is 4.65. The van der Waals surface area contributed by atoms with Gasteiger partial charge in [0, 0.05) is 12.1 Å². The first-order chi connectivity index (χ1) is 9.83. The third kappa shape index (κ3) is 3.25. The fourth-order valence-corrected chi connectivity index (χ4v) is 4.26. The normalized spacial score (nSPS) is 17.5. The average molecular weight is 318 g/mol. The van der Waals surface area contributed by atoms with Crippen molar-refractivity contribution in [2.24, 2.45) is 0 Å². The van der Waals surface area contributed by atoms with Crippen molar-refractivity contribution >= 4 is 10.0 Å². The zero-order valence-corrected chi connectivity index (χ0v) is 13.0. The van der Waals surface area contributed by atoms with Crippen molar-refractivity contribution in [2.45, 2.75) is 49.6 Å². The summed E-state index contributed by atoms with van der Waals surface area (Å²) in [6, 6.07) is 2.18. The van der Waals surface area contributed by atoms with Gasteiger partial charge in [0.2, 0.25) is 10.0 Å². The van der Waals surface area contributed by atoms with Crippen molar-refractivity contribution in [1.82, 2.24) is 10.0 Å². The Balaban J connectivity index is 2.39. The number of hydrogen-bond donors (Lipinski definition) is 2.